The molecule has 1 atom stereocenters. The first-order valence-corrected chi connectivity index (χ1v) is 11.5. The Hall–Kier alpha value is -1.93. The Balaban J connectivity index is 1.87. The van der Waals surface area contributed by atoms with Crippen molar-refractivity contribution in [1.82, 2.24) is 14.9 Å². The molecule has 154 valence electrons. The van der Waals surface area contributed by atoms with Crippen LogP contribution in [0.25, 0.3) is 0 Å². The lowest BCUT2D eigenvalue weighted by atomic mass is 9.98. The van der Waals surface area contributed by atoms with Crippen LogP contribution in [0.4, 0.5) is 0 Å². The summed E-state index contributed by atoms with van der Waals surface area (Å²) in [7, 11) is -3.65. The standard InChI is InChI=1S/C20H29N3O4S/c1-15(2)18(24)21-17-12-23(14-20(22-19(17)25)10-6-7-11-20)28(26,27)13-16-8-4-3-5-9-16/h3-5,8-9,15,17H,6-7,10-14H2,1-2H3,(H,21,24)(H,22,25). The third-order valence-corrected chi connectivity index (χ3v) is 7.32. The molecule has 1 aliphatic heterocycles. The molecule has 28 heavy (non-hydrogen) atoms. The summed E-state index contributed by atoms with van der Waals surface area (Å²) in [5.74, 6) is -0.967. The molecule has 2 aliphatic rings. The molecule has 0 bridgehead atoms. The van der Waals surface area contributed by atoms with Crippen LogP contribution >= 0.6 is 0 Å². The topological polar surface area (TPSA) is 95.6 Å². The van der Waals surface area contributed by atoms with Crippen LogP contribution in [0.3, 0.4) is 0 Å². The molecule has 1 aromatic carbocycles. The van der Waals surface area contributed by atoms with E-state index in [1.165, 1.54) is 4.31 Å². The van der Waals surface area contributed by atoms with Gasteiger partial charge in [0.25, 0.3) is 0 Å². The second-order valence-corrected chi connectivity index (χ2v) is 10.2. The number of nitrogens with zero attached hydrogens (tertiary/aromatic N) is 1. The van der Waals surface area contributed by atoms with Crippen molar-refractivity contribution in [2.45, 2.75) is 56.9 Å². The maximum Gasteiger partial charge on any atom is 0.244 e. The van der Waals surface area contributed by atoms with Gasteiger partial charge in [-0.25, -0.2) is 8.42 Å². The first-order chi connectivity index (χ1) is 13.2. The van der Waals surface area contributed by atoms with E-state index in [2.05, 4.69) is 10.6 Å². The molecule has 1 heterocycles. The monoisotopic (exact) mass is 407 g/mol. The van der Waals surface area contributed by atoms with Gasteiger partial charge in [-0.1, -0.05) is 57.0 Å². The van der Waals surface area contributed by atoms with E-state index < -0.39 is 21.6 Å². The number of amides is 2. The van der Waals surface area contributed by atoms with Gasteiger partial charge in [0.15, 0.2) is 0 Å². The molecule has 1 saturated carbocycles. The van der Waals surface area contributed by atoms with Crippen molar-refractivity contribution >= 4 is 21.8 Å². The smallest absolute Gasteiger partial charge is 0.244 e. The van der Waals surface area contributed by atoms with E-state index in [-0.39, 0.29) is 36.6 Å². The SMILES string of the molecule is CC(C)C(=O)NC1CN(S(=O)(=O)Cc2ccccc2)CC2(CCCC2)NC1=O. The van der Waals surface area contributed by atoms with Crippen LogP contribution in [0.1, 0.15) is 45.1 Å². The summed E-state index contributed by atoms with van der Waals surface area (Å²) in [6, 6.07) is 8.13. The first kappa shape index (κ1) is 20.8. The molecular formula is C20H29N3O4S. The summed E-state index contributed by atoms with van der Waals surface area (Å²) in [4.78, 5) is 25.0. The normalized spacial score (nSPS) is 22.8. The Morgan fingerprint density at radius 2 is 1.89 bits per heavy atom. The van der Waals surface area contributed by atoms with Crippen molar-refractivity contribution in [3.05, 3.63) is 35.9 Å². The van der Waals surface area contributed by atoms with Gasteiger partial charge in [-0.15, -0.1) is 0 Å². The summed E-state index contributed by atoms with van der Waals surface area (Å²) in [6.45, 7) is 3.70. The van der Waals surface area contributed by atoms with E-state index in [1.807, 2.05) is 18.2 Å². The number of hydrogen-bond acceptors (Lipinski definition) is 4. The van der Waals surface area contributed by atoms with Gasteiger partial charge in [0.05, 0.1) is 11.3 Å². The number of hydrogen-bond donors (Lipinski definition) is 2. The van der Waals surface area contributed by atoms with Crippen molar-refractivity contribution < 1.29 is 18.0 Å². The van der Waals surface area contributed by atoms with Crippen molar-refractivity contribution in [2.24, 2.45) is 5.92 Å². The van der Waals surface area contributed by atoms with Gasteiger partial charge < -0.3 is 10.6 Å². The Kier molecular flexibility index (Phi) is 6.09. The molecule has 1 aliphatic carbocycles. The zero-order chi connectivity index (χ0) is 20.4. The fourth-order valence-electron chi connectivity index (χ4n) is 3.95. The Labute approximate surface area is 166 Å². The zero-order valence-corrected chi connectivity index (χ0v) is 17.3. The van der Waals surface area contributed by atoms with Crippen LogP contribution in [-0.4, -0.2) is 49.2 Å². The minimum Gasteiger partial charge on any atom is -0.348 e. The van der Waals surface area contributed by atoms with E-state index >= 15 is 0 Å². The largest absolute Gasteiger partial charge is 0.348 e. The zero-order valence-electron chi connectivity index (χ0n) is 16.5. The molecule has 1 saturated heterocycles. The summed E-state index contributed by atoms with van der Waals surface area (Å²) >= 11 is 0. The third kappa shape index (κ3) is 4.72. The molecule has 2 fully saturated rings. The highest BCUT2D eigenvalue weighted by molar-refractivity contribution is 7.88. The minimum absolute atomic E-state index is 0.0405. The summed E-state index contributed by atoms with van der Waals surface area (Å²) < 4.78 is 27.8. The van der Waals surface area contributed by atoms with E-state index in [4.69, 9.17) is 0 Å². The molecule has 1 spiro atoms. The number of carbonyl (C=O) groups excluding carboxylic acids is 2. The van der Waals surface area contributed by atoms with Crippen LogP contribution in [0.5, 0.6) is 0 Å². The minimum atomic E-state index is -3.65. The van der Waals surface area contributed by atoms with Crippen molar-refractivity contribution in [2.75, 3.05) is 13.1 Å². The number of carbonyl (C=O) groups is 2. The molecule has 0 radical (unpaired) electrons. The lowest BCUT2D eigenvalue weighted by Crippen LogP contribution is -2.54. The van der Waals surface area contributed by atoms with Gasteiger partial charge in [-0.3, -0.25) is 9.59 Å². The second kappa shape index (κ2) is 8.21. The van der Waals surface area contributed by atoms with E-state index in [0.717, 1.165) is 25.7 Å². The summed E-state index contributed by atoms with van der Waals surface area (Å²) in [5, 5.41) is 5.78. The van der Waals surface area contributed by atoms with Crippen molar-refractivity contribution in [3.63, 3.8) is 0 Å². The van der Waals surface area contributed by atoms with E-state index in [1.54, 1.807) is 26.0 Å². The van der Waals surface area contributed by atoms with Crippen molar-refractivity contribution in [3.8, 4) is 0 Å². The maximum absolute atomic E-state index is 13.2. The van der Waals surface area contributed by atoms with Crippen molar-refractivity contribution in [1.29, 1.82) is 0 Å². The molecule has 7 nitrogen and oxygen atoms in total. The number of benzene rings is 1. The summed E-state index contributed by atoms with van der Waals surface area (Å²) in [6.07, 6.45) is 3.41. The fraction of sp³-hybridized carbons (Fsp3) is 0.600. The molecule has 0 aromatic heterocycles. The van der Waals surface area contributed by atoms with Gasteiger partial charge >= 0.3 is 0 Å². The summed E-state index contributed by atoms with van der Waals surface area (Å²) in [5.41, 5.74) is 0.160. The van der Waals surface area contributed by atoms with E-state index in [0.29, 0.717) is 5.56 Å². The Morgan fingerprint density at radius 1 is 1.25 bits per heavy atom. The third-order valence-electron chi connectivity index (χ3n) is 5.56. The average molecular weight is 408 g/mol. The first-order valence-electron chi connectivity index (χ1n) is 9.85. The van der Waals surface area contributed by atoms with Crippen LogP contribution in [0.15, 0.2) is 30.3 Å². The highest BCUT2D eigenvalue weighted by Gasteiger charge is 2.45. The highest BCUT2D eigenvalue weighted by Crippen LogP contribution is 2.33. The van der Waals surface area contributed by atoms with Gasteiger partial charge in [0.1, 0.15) is 6.04 Å². The lowest BCUT2D eigenvalue weighted by Gasteiger charge is -2.32. The van der Waals surface area contributed by atoms with Gasteiger partial charge in [-0.05, 0) is 18.4 Å². The maximum atomic E-state index is 13.2. The van der Waals surface area contributed by atoms with Crippen LogP contribution < -0.4 is 10.6 Å². The van der Waals surface area contributed by atoms with Crippen LogP contribution in [0, 0.1) is 5.92 Å². The second-order valence-electron chi connectivity index (χ2n) is 8.23. The molecule has 8 heteroatoms. The Morgan fingerprint density at radius 3 is 2.50 bits per heavy atom. The highest BCUT2D eigenvalue weighted by atomic mass is 32.2. The Bertz CT molecular complexity index is 817. The molecule has 1 unspecified atom stereocenters. The predicted octanol–water partition coefficient (Wildman–Crippen LogP) is 1.40. The molecule has 2 amide bonds. The lowest BCUT2D eigenvalue weighted by molar-refractivity contribution is -0.131. The molecular weight excluding hydrogens is 378 g/mol. The number of sulfonamides is 1. The van der Waals surface area contributed by atoms with Gasteiger partial charge in [0.2, 0.25) is 21.8 Å². The average Bonchev–Trinajstić information content (AvgIpc) is 3.02. The number of rotatable bonds is 5. The molecule has 3 rings (SSSR count). The quantitative estimate of drug-likeness (QED) is 0.771. The van der Waals surface area contributed by atoms with Gasteiger partial charge in [0, 0.05) is 19.0 Å². The fourth-order valence-corrected chi connectivity index (χ4v) is 5.57. The van der Waals surface area contributed by atoms with Crippen LogP contribution in [-0.2, 0) is 25.4 Å². The van der Waals surface area contributed by atoms with E-state index in [9.17, 15) is 18.0 Å². The predicted molar refractivity (Wildman–Crippen MR) is 107 cm³/mol. The van der Waals surface area contributed by atoms with Crippen LogP contribution in [0.2, 0.25) is 0 Å². The molecule has 1 aromatic rings. The van der Waals surface area contributed by atoms with Gasteiger partial charge in [-0.2, -0.15) is 4.31 Å². The molecule has 2 N–H and O–H groups in total. The number of nitrogens with one attached hydrogen (secondary N) is 2.